The van der Waals surface area contributed by atoms with Crippen molar-refractivity contribution in [2.75, 3.05) is 6.54 Å². The largest absolute Gasteiger partial charge is 0.314 e. The zero-order valence-electron chi connectivity index (χ0n) is 12.9. The fourth-order valence-electron chi connectivity index (χ4n) is 4.07. The Kier molecular flexibility index (Phi) is 4.79. The van der Waals surface area contributed by atoms with Crippen LogP contribution >= 0.6 is 11.3 Å². The maximum Gasteiger partial charge on any atom is 0.0333 e. The summed E-state index contributed by atoms with van der Waals surface area (Å²) in [6, 6.07) is 7.08. The molecule has 112 valence electrons. The highest BCUT2D eigenvalue weighted by molar-refractivity contribution is 7.11. The summed E-state index contributed by atoms with van der Waals surface area (Å²) in [5.74, 6) is 0. The molecule has 0 aromatic carbocycles. The summed E-state index contributed by atoms with van der Waals surface area (Å²) >= 11 is 2.02. The molecule has 2 aliphatic heterocycles. The number of aryl methyl sites for hydroxylation is 1. The fourth-order valence-corrected chi connectivity index (χ4v) is 5.04. The van der Waals surface area contributed by atoms with Crippen LogP contribution in [0.25, 0.3) is 0 Å². The van der Waals surface area contributed by atoms with Crippen molar-refractivity contribution in [2.24, 2.45) is 0 Å². The number of nitrogens with zero attached hydrogens (tertiary/aromatic N) is 1. The lowest BCUT2D eigenvalue weighted by Gasteiger charge is -2.49. The molecular formula is C17H28N2S. The second kappa shape index (κ2) is 6.59. The highest BCUT2D eigenvalue weighted by Crippen LogP contribution is 2.36. The van der Waals surface area contributed by atoms with Crippen molar-refractivity contribution in [1.82, 2.24) is 10.2 Å². The van der Waals surface area contributed by atoms with Crippen molar-refractivity contribution in [3.63, 3.8) is 0 Å². The van der Waals surface area contributed by atoms with E-state index in [0.29, 0.717) is 0 Å². The Hall–Kier alpha value is -0.380. The molecule has 3 heteroatoms. The van der Waals surface area contributed by atoms with E-state index in [-0.39, 0.29) is 0 Å². The number of fused-ring (bicyclic) bond motifs is 2. The summed E-state index contributed by atoms with van der Waals surface area (Å²) in [5.41, 5.74) is 0. The van der Waals surface area contributed by atoms with Crippen molar-refractivity contribution in [2.45, 2.75) is 77.0 Å². The molecule has 2 nitrogen and oxygen atoms in total. The van der Waals surface area contributed by atoms with E-state index in [1.807, 2.05) is 11.3 Å². The molecule has 0 aliphatic carbocycles. The molecule has 3 heterocycles. The topological polar surface area (TPSA) is 15.3 Å². The first-order chi connectivity index (χ1) is 9.80. The molecular weight excluding hydrogens is 264 g/mol. The normalized spacial score (nSPS) is 30.6. The maximum atomic E-state index is 3.69. The Bertz CT molecular complexity index is 414. The molecule has 2 fully saturated rings. The molecule has 0 radical (unpaired) electrons. The zero-order chi connectivity index (χ0) is 13.9. The van der Waals surface area contributed by atoms with Crippen LogP contribution in [-0.2, 0) is 13.0 Å². The van der Waals surface area contributed by atoms with E-state index >= 15 is 0 Å². The Morgan fingerprint density at radius 1 is 1.15 bits per heavy atom. The van der Waals surface area contributed by atoms with E-state index in [1.165, 1.54) is 49.9 Å². The number of hydrogen-bond donors (Lipinski definition) is 1. The van der Waals surface area contributed by atoms with Crippen molar-refractivity contribution < 1.29 is 0 Å². The van der Waals surface area contributed by atoms with E-state index in [1.54, 1.807) is 4.88 Å². The summed E-state index contributed by atoms with van der Waals surface area (Å²) in [6.45, 7) is 6.81. The lowest BCUT2D eigenvalue weighted by Crippen LogP contribution is -2.55. The molecule has 1 aromatic rings. The van der Waals surface area contributed by atoms with Crippen LogP contribution in [0.4, 0.5) is 0 Å². The molecule has 2 aliphatic rings. The minimum atomic E-state index is 0.765. The summed E-state index contributed by atoms with van der Waals surface area (Å²) in [7, 11) is 0. The lowest BCUT2D eigenvalue weighted by atomic mass is 9.81. The van der Waals surface area contributed by atoms with Gasteiger partial charge in [-0.3, -0.25) is 4.90 Å². The van der Waals surface area contributed by atoms with E-state index in [9.17, 15) is 0 Å². The number of hydrogen-bond acceptors (Lipinski definition) is 3. The van der Waals surface area contributed by atoms with Crippen molar-refractivity contribution in [3.05, 3.63) is 21.9 Å². The van der Waals surface area contributed by atoms with Gasteiger partial charge in [0, 0.05) is 34.4 Å². The summed E-state index contributed by atoms with van der Waals surface area (Å²) in [4.78, 5) is 5.93. The predicted molar refractivity (Wildman–Crippen MR) is 87.4 cm³/mol. The highest BCUT2D eigenvalue weighted by atomic mass is 32.1. The van der Waals surface area contributed by atoms with Gasteiger partial charge in [0.25, 0.3) is 0 Å². The predicted octanol–water partition coefficient (Wildman–Crippen LogP) is 3.81. The van der Waals surface area contributed by atoms with E-state index in [2.05, 4.69) is 36.2 Å². The lowest BCUT2D eigenvalue weighted by molar-refractivity contribution is 0.0188. The summed E-state index contributed by atoms with van der Waals surface area (Å²) in [5, 5.41) is 3.69. The monoisotopic (exact) mass is 292 g/mol. The first-order valence-electron chi connectivity index (χ1n) is 8.36. The van der Waals surface area contributed by atoms with Gasteiger partial charge >= 0.3 is 0 Å². The first kappa shape index (κ1) is 14.6. The van der Waals surface area contributed by atoms with Crippen LogP contribution in [0.2, 0.25) is 0 Å². The van der Waals surface area contributed by atoms with Gasteiger partial charge in [-0.2, -0.15) is 0 Å². The van der Waals surface area contributed by atoms with Crippen LogP contribution in [-0.4, -0.2) is 29.6 Å². The Balaban J connectivity index is 1.67. The summed E-state index contributed by atoms with van der Waals surface area (Å²) in [6.07, 6.45) is 8.15. The molecule has 20 heavy (non-hydrogen) atoms. The second-order valence-electron chi connectivity index (χ2n) is 6.36. The van der Waals surface area contributed by atoms with Crippen LogP contribution in [0.5, 0.6) is 0 Å². The van der Waals surface area contributed by atoms with Gasteiger partial charge in [0.05, 0.1) is 0 Å². The minimum Gasteiger partial charge on any atom is -0.314 e. The SMILES string of the molecule is CCNC1CC2CCCC(C1)N2Cc1ccc(CC)s1. The molecule has 0 amide bonds. The van der Waals surface area contributed by atoms with Crippen LogP contribution in [0.3, 0.4) is 0 Å². The average Bonchev–Trinajstić information content (AvgIpc) is 2.87. The van der Waals surface area contributed by atoms with Gasteiger partial charge in [0.2, 0.25) is 0 Å². The number of piperidine rings is 2. The van der Waals surface area contributed by atoms with Crippen molar-refractivity contribution >= 4 is 11.3 Å². The summed E-state index contributed by atoms with van der Waals surface area (Å²) < 4.78 is 0. The molecule has 1 aromatic heterocycles. The standard InChI is InChI=1S/C17H28N2S/c1-3-16-8-9-17(20-16)12-19-14-6-5-7-15(19)11-13(10-14)18-4-2/h8-9,13-15,18H,3-7,10-12H2,1-2H3. The molecule has 2 bridgehead atoms. The average molecular weight is 292 g/mol. The fraction of sp³-hybridized carbons (Fsp3) is 0.765. The van der Waals surface area contributed by atoms with Gasteiger partial charge in [0.1, 0.15) is 0 Å². The van der Waals surface area contributed by atoms with E-state index < -0.39 is 0 Å². The number of thiophene rings is 1. The maximum absolute atomic E-state index is 3.69. The van der Waals surface area contributed by atoms with Crippen molar-refractivity contribution in [1.29, 1.82) is 0 Å². The van der Waals surface area contributed by atoms with Gasteiger partial charge in [-0.15, -0.1) is 11.3 Å². The smallest absolute Gasteiger partial charge is 0.0333 e. The Morgan fingerprint density at radius 3 is 2.45 bits per heavy atom. The molecule has 0 spiro atoms. The van der Waals surface area contributed by atoms with Crippen LogP contribution < -0.4 is 5.32 Å². The molecule has 0 saturated carbocycles. The molecule has 2 unspecified atom stereocenters. The van der Waals surface area contributed by atoms with E-state index in [4.69, 9.17) is 0 Å². The third-order valence-electron chi connectivity index (χ3n) is 5.02. The highest BCUT2D eigenvalue weighted by Gasteiger charge is 2.37. The van der Waals surface area contributed by atoms with Crippen LogP contribution in [0, 0.1) is 0 Å². The van der Waals surface area contributed by atoms with Gasteiger partial charge in [-0.1, -0.05) is 20.3 Å². The third-order valence-corrected chi connectivity index (χ3v) is 6.24. The molecule has 3 rings (SSSR count). The quantitative estimate of drug-likeness (QED) is 0.888. The Morgan fingerprint density at radius 2 is 1.85 bits per heavy atom. The Labute approximate surface area is 127 Å². The number of nitrogens with one attached hydrogen (secondary N) is 1. The van der Waals surface area contributed by atoms with Crippen LogP contribution in [0.1, 0.15) is 55.7 Å². The van der Waals surface area contributed by atoms with Gasteiger partial charge in [0.15, 0.2) is 0 Å². The molecule has 2 atom stereocenters. The van der Waals surface area contributed by atoms with Gasteiger partial charge in [-0.25, -0.2) is 0 Å². The molecule has 2 saturated heterocycles. The minimum absolute atomic E-state index is 0.765. The third kappa shape index (κ3) is 3.10. The van der Waals surface area contributed by atoms with Gasteiger partial charge in [-0.05, 0) is 50.8 Å². The van der Waals surface area contributed by atoms with Gasteiger partial charge < -0.3 is 5.32 Å². The van der Waals surface area contributed by atoms with Crippen LogP contribution in [0.15, 0.2) is 12.1 Å². The zero-order valence-corrected chi connectivity index (χ0v) is 13.7. The van der Waals surface area contributed by atoms with Crippen molar-refractivity contribution in [3.8, 4) is 0 Å². The second-order valence-corrected chi connectivity index (χ2v) is 7.61. The first-order valence-corrected chi connectivity index (χ1v) is 9.18. The molecule has 1 N–H and O–H groups in total. The van der Waals surface area contributed by atoms with E-state index in [0.717, 1.165) is 24.7 Å². The number of rotatable bonds is 5.